The SMILES string of the molecule is Cc1cc(C)c(NCC(C)C)c(Cl)n1. The minimum absolute atomic E-state index is 0.572. The smallest absolute Gasteiger partial charge is 0.152 e. The highest BCUT2D eigenvalue weighted by molar-refractivity contribution is 6.32. The van der Waals surface area contributed by atoms with Crippen molar-refractivity contribution < 1.29 is 0 Å². The summed E-state index contributed by atoms with van der Waals surface area (Å²) >= 11 is 6.04. The number of aromatic nitrogens is 1. The van der Waals surface area contributed by atoms with Crippen molar-refractivity contribution in [3.63, 3.8) is 0 Å². The molecule has 0 amide bonds. The molecule has 0 atom stereocenters. The van der Waals surface area contributed by atoms with Crippen molar-refractivity contribution in [3.05, 3.63) is 22.5 Å². The number of hydrogen-bond acceptors (Lipinski definition) is 2. The van der Waals surface area contributed by atoms with Gasteiger partial charge in [-0.3, -0.25) is 0 Å². The molecule has 2 nitrogen and oxygen atoms in total. The van der Waals surface area contributed by atoms with Gasteiger partial charge < -0.3 is 5.32 Å². The topological polar surface area (TPSA) is 24.9 Å². The van der Waals surface area contributed by atoms with E-state index in [0.29, 0.717) is 11.1 Å². The largest absolute Gasteiger partial charge is 0.382 e. The van der Waals surface area contributed by atoms with Crippen LogP contribution in [0.3, 0.4) is 0 Å². The maximum absolute atomic E-state index is 6.04. The van der Waals surface area contributed by atoms with Crippen molar-refractivity contribution in [2.75, 3.05) is 11.9 Å². The molecule has 1 N–H and O–H groups in total. The second-order valence-electron chi connectivity index (χ2n) is 4.02. The maximum atomic E-state index is 6.04. The second kappa shape index (κ2) is 4.65. The van der Waals surface area contributed by atoms with Crippen LogP contribution >= 0.6 is 11.6 Å². The average Bonchev–Trinajstić information content (AvgIpc) is 2.01. The summed E-state index contributed by atoms with van der Waals surface area (Å²) in [6.45, 7) is 9.25. The van der Waals surface area contributed by atoms with Crippen LogP contribution in [0, 0.1) is 19.8 Å². The third kappa shape index (κ3) is 2.88. The van der Waals surface area contributed by atoms with E-state index in [1.807, 2.05) is 19.9 Å². The fourth-order valence-electron chi connectivity index (χ4n) is 1.31. The Morgan fingerprint density at radius 1 is 1.43 bits per heavy atom. The van der Waals surface area contributed by atoms with Crippen molar-refractivity contribution in [1.82, 2.24) is 4.98 Å². The molecule has 0 unspecified atom stereocenters. The number of hydrogen-bond donors (Lipinski definition) is 1. The van der Waals surface area contributed by atoms with Crippen LogP contribution in [0.1, 0.15) is 25.1 Å². The van der Waals surface area contributed by atoms with Crippen LogP contribution in [-0.4, -0.2) is 11.5 Å². The standard InChI is InChI=1S/C11H17ClN2/c1-7(2)6-13-10-8(3)5-9(4)14-11(10)12/h5,7,13H,6H2,1-4H3. The first-order valence-electron chi connectivity index (χ1n) is 4.88. The zero-order chi connectivity index (χ0) is 10.7. The average molecular weight is 213 g/mol. The van der Waals surface area contributed by atoms with Crippen molar-refractivity contribution in [3.8, 4) is 0 Å². The quantitative estimate of drug-likeness (QED) is 0.777. The Balaban J connectivity index is 2.86. The van der Waals surface area contributed by atoms with Gasteiger partial charge in [0, 0.05) is 12.2 Å². The fourth-order valence-corrected chi connectivity index (χ4v) is 1.66. The van der Waals surface area contributed by atoms with E-state index in [-0.39, 0.29) is 0 Å². The van der Waals surface area contributed by atoms with E-state index in [1.165, 1.54) is 0 Å². The van der Waals surface area contributed by atoms with Gasteiger partial charge in [0.15, 0.2) is 5.15 Å². The molecular formula is C11H17ClN2. The molecule has 1 aromatic heterocycles. The van der Waals surface area contributed by atoms with Gasteiger partial charge in [0.1, 0.15) is 0 Å². The van der Waals surface area contributed by atoms with Crippen LogP contribution in [0.15, 0.2) is 6.07 Å². The molecule has 0 aromatic carbocycles. The molecule has 0 aliphatic heterocycles. The van der Waals surface area contributed by atoms with E-state index < -0.39 is 0 Å². The molecule has 1 aromatic rings. The predicted molar refractivity (Wildman–Crippen MR) is 62.0 cm³/mol. The van der Waals surface area contributed by atoms with Gasteiger partial charge >= 0.3 is 0 Å². The van der Waals surface area contributed by atoms with Gasteiger partial charge in [0.2, 0.25) is 0 Å². The molecule has 0 bridgehead atoms. The first kappa shape index (κ1) is 11.3. The number of anilines is 1. The predicted octanol–water partition coefficient (Wildman–Crippen LogP) is 3.42. The van der Waals surface area contributed by atoms with Crippen LogP contribution in [0.5, 0.6) is 0 Å². The number of nitrogens with zero attached hydrogens (tertiary/aromatic N) is 1. The van der Waals surface area contributed by atoms with Gasteiger partial charge in [-0.05, 0) is 31.4 Å². The van der Waals surface area contributed by atoms with Gasteiger partial charge in [0.25, 0.3) is 0 Å². The van der Waals surface area contributed by atoms with Gasteiger partial charge in [-0.25, -0.2) is 4.98 Å². The summed E-state index contributed by atoms with van der Waals surface area (Å²) in [5, 5.41) is 3.89. The Morgan fingerprint density at radius 3 is 2.57 bits per heavy atom. The summed E-state index contributed by atoms with van der Waals surface area (Å²) in [7, 11) is 0. The van der Waals surface area contributed by atoms with Gasteiger partial charge in [-0.2, -0.15) is 0 Å². The van der Waals surface area contributed by atoms with Crippen molar-refractivity contribution in [1.29, 1.82) is 0 Å². The lowest BCUT2D eigenvalue weighted by Crippen LogP contribution is -2.10. The Morgan fingerprint density at radius 2 is 2.07 bits per heavy atom. The third-order valence-electron chi connectivity index (χ3n) is 1.99. The Bertz CT molecular complexity index is 298. The molecule has 0 aliphatic carbocycles. The van der Waals surface area contributed by atoms with E-state index in [4.69, 9.17) is 11.6 Å². The minimum Gasteiger partial charge on any atom is -0.382 e. The highest BCUT2D eigenvalue weighted by Gasteiger charge is 2.06. The summed E-state index contributed by atoms with van der Waals surface area (Å²) < 4.78 is 0. The highest BCUT2D eigenvalue weighted by Crippen LogP contribution is 2.24. The number of rotatable bonds is 3. The summed E-state index contributed by atoms with van der Waals surface area (Å²) in [5.74, 6) is 0.603. The van der Waals surface area contributed by atoms with Crippen LogP contribution < -0.4 is 5.32 Å². The summed E-state index contributed by atoms with van der Waals surface area (Å²) in [5.41, 5.74) is 3.08. The van der Waals surface area contributed by atoms with Crippen molar-refractivity contribution in [2.24, 2.45) is 5.92 Å². The number of nitrogens with one attached hydrogen (secondary N) is 1. The van der Waals surface area contributed by atoms with Crippen molar-refractivity contribution in [2.45, 2.75) is 27.7 Å². The molecule has 0 aliphatic rings. The molecule has 1 heterocycles. The van der Waals surface area contributed by atoms with E-state index in [2.05, 4.69) is 24.1 Å². The fraction of sp³-hybridized carbons (Fsp3) is 0.545. The van der Waals surface area contributed by atoms with Gasteiger partial charge in [-0.15, -0.1) is 0 Å². The lowest BCUT2D eigenvalue weighted by molar-refractivity contribution is 0.688. The van der Waals surface area contributed by atoms with Crippen LogP contribution in [0.25, 0.3) is 0 Å². The first-order chi connectivity index (χ1) is 6.50. The normalized spacial score (nSPS) is 10.7. The molecule has 14 heavy (non-hydrogen) atoms. The molecule has 3 heteroatoms. The number of aryl methyl sites for hydroxylation is 2. The highest BCUT2D eigenvalue weighted by atomic mass is 35.5. The summed E-state index contributed by atoms with van der Waals surface area (Å²) in [6.07, 6.45) is 0. The van der Waals surface area contributed by atoms with Crippen molar-refractivity contribution >= 4 is 17.3 Å². The molecule has 78 valence electrons. The van der Waals surface area contributed by atoms with E-state index >= 15 is 0 Å². The Kier molecular flexibility index (Phi) is 3.76. The molecule has 0 saturated heterocycles. The van der Waals surface area contributed by atoms with E-state index in [9.17, 15) is 0 Å². The summed E-state index contributed by atoms with van der Waals surface area (Å²) in [4.78, 5) is 4.22. The zero-order valence-corrected chi connectivity index (χ0v) is 9.94. The third-order valence-corrected chi connectivity index (χ3v) is 2.26. The summed E-state index contributed by atoms with van der Waals surface area (Å²) in [6, 6.07) is 2.04. The minimum atomic E-state index is 0.572. The van der Waals surface area contributed by atoms with Gasteiger partial charge in [-0.1, -0.05) is 25.4 Å². The van der Waals surface area contributed by atoms with E-state index in [0.717, 1.165) is 23.5 Å². The molecule has 1 rings (SSSR count). The van der Waals surface area contributed by atoms with Crippen LogP contribution in [-0.2, 0) is 0 Å². The second-order valence-corrected chi connectivity index (χ2v) is 4.38. The molecule has 0 spiro atoms. The Hall–Kier alpha value is -0.760. The lowest BCUT2D eigenvalue weighted by atomic mass is 10.2. The molecule has 0 radical (unpaired) electrons. The molecular weight excluding hydrogens is 196 g/mol. The monoisotopic (exact) mass is 212 g/mol. The zero-order valence-electron chi connectivity index (χ0n) is 9.19. The lowest BCUT2D eigenvalue weighted by Gasteiger charge is -2.13. The molecule has 0 fully saturated rings. The Labute approximate surface area is 90.7 Å². The maximum Gasteiger partial charge on any atom is 0.152 e. The number of pyridine rings is 1. The van der Waals surface area contributed by atoms with Crippen LogP contribution in [0.2, 0.25) is 5.15 Å². The molecule has 0 saturated carbocycles. The van der Waals surface area contributed by atoms with E-state index in [1.54, 1.807) is 0 Å². The number of halogens is 1. The van der Waals surface area contributed by atoms with Crippen LogP contribution in [0.4, 0.5) is 5.69 Å². The first-order valence-corrected chi connectivity index (χ1v) is 5.26. The van der Waals surface area contributed by atoms with Gasteiger partial charge in [0.05, 0.1) is 5.69 Å².